The maximum atomic E-state index is 11.7. The Kier molecular flexibility index (Phi) is 4.36. The van der Waals surface area contributed by atoms with Crippen LogP contribution in [-0.4, -0.2) is 28.1 Å². The number of carboxylic acid groups (broad SMARTS) is 1. The van der Waals surface area contributed by atoms with Crippen LogP contribution >= 0.6 is 11.3 Å². The van der Waals surface area contributed by atoms with E-state index in [9.17, 15) is 9.59 Å². The van der Waals surface area contributed by atoms with Gasteiger partial charge in [0, 0.05) is 10.9 Å². The Morgan fingerprint density at radius 3 is 2.95 bits per heavy atom. The van der Waals surface area contributed by atoms with Crippen molar-refractivity contribution in [1.29, 1.82) is 0 Å². The molecule has 2 amide bonds. The van der Waals surface area contributed by atoms with Gasteiger partial charge < -0.3 is 15.7 Å². The van der Waals surface area contributed by atoms with E-state index in [1.54, 1.807) is 5.51 Å². The van der Waals surface area contributed by atoms with Crippen LogP contribution < -0.4 is 10.6 Å². The zero-order chi connectivity index (χ0) is 13.8. The molecule has 1 aliphatic carbocycles. The molecule has 104 valence electrons. The third-order valence-corrected chi connectivity index (χ3v) is 4.34. The summed E-state index contributed by atoms with van der Waals surface area (Å²) in [6.45, 7) is 2.32. The monoisotopic (exact) mass is 283 g/mol. The first-order valence-electron chi connectivity index (χ1n) is 6.24. The Labute approximate surface area is 115 Å². The third kappa shape index (κ3) is 3.44. The molecule has 1 aromatic heterocycles. The van der Waals surface area contributed by atoms with Gasteiger partial charge in [0.15, 0.2) is 0 Å². The van der Waals surface area contributed by atoms with Crippen LogP contribution in [0.1, 0.15) is 29.8 Å². The van der Waals surface area contributed by atoms with E-state index in [1.165, 1.54) is 11.3 Å². The van der Waals surface area contributed by atoms with Crippen molar-refractivity contribution in [2.24, 2.45) is 5.92 Å². The molecular formula is C12H17N3O3S. The molecular weight excluding hydrogens is 266 g/mol. The van der Waals surface area contributed by atoms with Crippen LogP contribution in [0.5, 0.6) is 0 Å². The average molecular weight is 283 g/mol. The third-order valence-electron chi connectivity index (χ3n) is 3.40. The molecule has 2 rings (SSSR count). The van der Waals surface area contributed by atoms with Gasteiger partial charge in [-0.3, -0.25) is 4.79 Å². The molecule has 0 aliphatic heterocycles. The summed E-state index contributed by atoms with van der Waals surface area (Å²) in [6, 6.07) is -0.578. The molecule has 0 bridgehead atoms. The molecule has 6 nitrogen and oxygen atoms in total. The highest BCUT2D eigenvalue weighted by molar-refractivity contribution is 7.09. The molecule has 0 spiro atoms. The van der Waals surface area contributed by atoms with E-state index in [4.69, 9.17) is 5.11 Å². The summed E-state index contributed by atoms with van der Waals surface area (Å²) in [6.07, 6.45) is 2.20. The molecule has 1 aliphatic rings. The number of rotatable bonds is 4. The van der Waals surface area contributed by atoms with E-state index in [0.717, 1.165) is 23.4 Å². The summed E-state index contributed by atoms with van der Waals surface area (Å²) >= 11 is 1.49. The molecule has 1 heterocycles. The van der Waals surface area contributed by atoms with Crippen molar-refractivity contribution in [1.82, 2.24) is 15.6 Å². The number of carbonyl (C=O) groups is 2. The number of hydrogen-bond acceptors (Lipinski definition) is 4. The Morgan fingerprint density at radius 2 is 2.32 bits per heavy atom. The lowest BCUT2D eigenvalue weighted by Gasteiger charge is -2.17. The Morgan fingerprint density at radius 1 is 1.53 bits per heavy atom. The van der Waals surface area contributed by atoms with Gasteiger partial charge in [0.1, 0.15) is 0 Å². The summed E-state index contributed by atoms with van der Waals surface area (Å²) in [5.41, 5.74) is 2.65. The van der Waals surface area contributed by atoms with Gasteiger partial charge in [0.25, 0.3) is 0 Å². The van der Waals surface area contributed by atoms with E-state index in [0.29, 0.717) is 13.0 Å². The molecule has 2 unspecified atom stereocenters. The van der Waals surface area contributed by atoms with Gasteiger partial charge in [-0.1, -0.05) is 6.42 Å². The second-order valence-corrected chi connectivity index (χ2v) is 5.61. The summed E-state index contributed by atoms with van der Waals surface area (Å²) in [4.78, 5) is 27.9. The number of hydrogen-bond donors (Lipinski definition) is 3. The predicted molar refractivity (Wildman–Crippen MR) is 71.0 cm³/mol. The van der Waals surface area contributed by atoms with Crippen LogP contribution in [0.4, 0.5) is 4.79 Å². The maximum Gasteiger partial charge on any atom is 0.315 e. The number of amides is 2. The topological polar surface area (TPSA) is 91.3 Å². The number of urea groups is 1. The van der Waals surface area contributed by atoms with Gasteiger partial charge in [-0.2, -0.15) is 0 Å². The SMILES string of the molecule is Cc1ncsc1CNC(=O)NC1CCCC1C(=O)O. The van der Waals surface area contributed by atoms with Crippen molar-refractivity contribution in [3.05, 3.63) is 16.1 Å². The predicted octanol–water partition coefficient (Wildman–Crippen LogP) is 1.50. The number of carboxylic acids is 1. The van der Waals surface area contributed by atoms with Gasteiger partial charge in [-0.05, 0) is 19.8 Å². The number of carbonyl (C=O) groups excluding carboxylic acids is 1. The summed E-state index contributed by atoms with van der Waals surface area (Å²) in [5, 5.41) is 14.5. The molecule has 1 fully saturated rings. The van der Waals surface area contributed by atoms with Gasteiger partial charge in [0.05, 0.1) is 23.7 Å². The molecule has 1 aromatic rings. The van der Waals surface area contributed by atoms with Gasteiger partial charge in [-0.15, -0.1) is 11.3 Å². The Balaban J connectivity index is 1.81. The van der Waals surface area contributed by atoms with Crippen molar-refractivity contribution < 1.29 is 14.7 Å². The van der Waals surface area contributed by atoms with Gasteiger partial charge >= 0.3 is 12.0 Å². The summed E-state index contributed by atoms with van der Waals surface area (Å²) in [5.74, 6) is -1.29. The molecule has 2 atom stereocenters. The zero-order valence-electron chi connectivity index (χ0n) is 10.7. The standard InChI is InChI=1S/C12H17N3O3S/c1-7-10(19-6-14-7)5-13-12(18)15-9-4-2-3-8(9)11(16)17/h6,8-9H,2-5H2,1H3,(H,16,17)(H2,13,15,18). The fourth-order valence-corrected chi connectivity index (χ4v) is 3.02. The number of nitrogens with one attached hydrogen (secondary N) is 2. The van der Waals surface area contributed by atoms with Crippen LogP contribution in [0.2, 0.25) is 0 Å². The minimum atomic E-state index is -0.832. The largest absolute Gasteiger partial charge is 0.481 e. The zero-order valence-corrected chi connectivity index (χ0v) is 11.5. The second kappa shape index (κ2) is 6.01. The van der Waals surface area contributed by atoms with E-state index in [1.807, 2.05) is 6.92 Å². The molecule has 0 saturated heterocycles. The van der Waals surface area contributed by atoms with Crippen molar-refractivity contribution in [3.63, 3.8) is 0 Å². The molecule has 0 aromatic carbocycles. The van der Waals surface area contributed by atoms with E-state index < -0.39 is 11.9 Å². The van der Waals surface area contributed by atoms with E-state index in [2.05, 4.69) is 15.6 Å². The van der Waals surface area contributed by atoms with Crippen molar-refractivity contribution in [2.75, 3.05) is 0 Å². The lowest BCUT2D eigenvalue weighted by Crippen LogP contribution is -2.45. The second-order valence-electron chi connectivity index (χ2n) is 4.67. The molecule has 19 heavy (non-hydrogen) atoms. The summed E-state index contributed by atoms with van der Waals surface area (Å²) < 4.78 is 0. The molecule has 1 saturated carbocycles. The molecule has 0 radical (unpaired) electrons. The number of aliphatic carboxylic acids is 1. The number of nitrogens with zero attached hydrogens (tertiary/aromatic N) is 1. The quantitative estimate of drug-likeness (QED) is 0.781. The van der Waals surface area contributed by atoms with Crippen LogP contribution in [0, 0.1) is 12.8 Å². The fourth-order valence-electron chi connectivity index (χ4n) is 2.30. The highest BCUT2D eigenvalue weighted by Gasteiger charge is 2.33. The minimum absolute atomic E-state index is 0.264. The number of aromatic nitrogens is 1. The minimum Gasteiger partial charge on any atom is -0.481 e. The smallest absolute Gasteiger partial charge is 0.315 e. The number of thiazole rings is 1. The normalized spacial score (nSPS) is 22.2. The van der Waals surface area contributed by atoms with E-state index >= 15 is 0 Å². The first-order chi connectivity index (χ1) is 9.08. The lowest BCUT2D eigenvalue weighted by atomic mass is 10.0. The Hall–Kier alpha value is -1.63. The van der Waals surface area contributed by atoms with Crippen molar-refractivity contribution in [3.8, 4) is 0 Å². The Bertz CT molecular complexity index is 475. The fraction of sp³-hybridized carbons (Fsp3) is 0.583. The lowest BCUT2D eigenvalue weighted by molar-refractivity contribution is -0.142. The molecule has 7 heteroatoms. The highest BCUT2D eigenvalue weighted by Crippen LogP contribution is 2.25. The van der Waals surface area contributed by atoms with Crippen LogP contribution in [0.15, 0.2) is 5.51 Å². The number of aryl methyl sites for hydroxylation is 1. The average Bonchev–Trinajstić information content (AvgIpc) is 2.95. The van der Waals surface area contributed by atoms with E-state index in [-0.39, 0.29) is 12.1 Å². The van der Waals surface area contributed by atoms with Gasteiger partial charge in [-0.25, -0.2) is 9.78 Å². The first-order valence-corrected chi connectivity index (χ1v) is 7.12. The summed E-state index contributed by atoms with van der Waals surface area (Å²) in [7, 11) is 0. The first kappa shape index (κ1) is 13.8. The molecule has 3 N–H and O–H groups in total. The van der Waals surface area contributed by atoms with Crippen molar-refractivity contribution >= 4 is 23.3 Å². The maximum absolute atomic E-state index is 11.7. The van der Waals surface area contributed by atoms with Crippen LogP contribution in [0.25, 0.3) is 0 Å². The highest BCUT2D eigenvalue weighted by atomic mass is 32.1. The van der Waals surface area contributed by atoms with Gasteiger partial charge in [0.2, 0.25) is 0 Å². The van der Waals surface area contributed by atoms with Crippen LogP contribution in [0.3, 0.4) is 0 Å². The van der Waals surface area contributed by atoms with Crippen LogP contribution in [-0.2, 0) is 11.3 Å². The van der Waals surface area contributed by atoms with Crippen molar-refractivity contribution in [2.45, 2.75) is 38.8 Å².